The van der Waals surface area contributed by atoms with Crippen molar-refractivity contribution in [3.63, 3.8) is 0 Å². The van der Waals surface area contributed by atoms with Crippen LogP contribution in [0.25, 0.3) is 10.9 Å². The van der Waals surface area contributed by atoms with Crippen LogP contribution in [0.15, 0.2) is 29.1 Å². The second kappa shape index (κ2) is 8.51. The molecule has 0 radical (unpaired) electrons. The molecule has 0 unspecified atom stereocenters. The highest BCUT2D eigenvalue weighted by Gasteiger charge is 2.34. The Balaban J connectivity index is 1.62. The number of tetrazole rings is 1. The number of H-pyrrole nitrogens is 1. The average Bonchev–Trinajstić information content (AvgIpc) is 3.47. The van der Waals surface area contributed by atoms with Gasteiger partial charge in [-0.1, -0.05) is 38.0 Å². The fourth-order valence-electron chi connectivity index (χ4n) is 5.23. The molecule has 5 rings (SSSR count). The van der Waals surface area contributed by atoms with Gasteiger partial charge >= 0.3 is 0 Å². The van der Waals surface area contributed by atoms with Gasteiger partial charge in [0.1, 0.15) is 6.04 Å². The Morgan fingerprint density at radius 1 is 1.16 bits per heavy atom. The number of pyridine rings is 1. The van der Waals surface area contributed by atoms with Crippen molar-refractivity contribution < 1.29 is 0 Å². The Morgan fingerprint density at radius 3 is 2.68 bits per heavy atom. The molecule has 8 nitrogen and oxygen atoms in total. The van der Waals surface area contributed by atoms with Crippen LogP contribution >= 0.6 is 0 Å². The zero-order valence-corrected chi connectivity index (χ0v) is 18.4. The largest absolute Gasteiger partial charge is 0.321 e. The van der Waals surface area contributed by atoms with Crippen molar-refractivity contribution in [2.24, 2.45) is 0 Å². The van der Waals surface area contributed by atoms with Crippen LogP contribution in [0.4, 0.5) is 0 Å². The van der Waals surface area contributed by atoms with Crippen LogP contribution in [-0.2, 0) is 0 Å². The lowest BCUT2D eigenvalue weighted by Gasteiger charge is -2.38. The van der Waals surface area contributed by atoms with Gasteiger partial charge in [0.15, 0.2) is 5.82 Å². The summed E-state index contributed by atoms with van der Waals surface area (Å²) >= 11 is 0. The smallest absolute Gasteiger partial charge is 0.253 e. The molecule has 0 amide bonds. The summed E-state index contributed by atoms with van der Waals surface area (Å²) in [6.07, 6.45) is 4.61. The van der Waals surface area contributed by atoms with E-state index in [1.807, 2.05) is 29.8 Å². The van der Waals surface area contributed by atoms with Crippen molar-refractivity contribution in [1.82, 2.24) is 35.0 Å². The van der Waals surface area contributed by atoms with Gasteiger partial charge in [-0.3, -0.25) is 9.69 Å². The summed E-state index contributed by atoms with van der Waals surface area (Å²) in [4.78, 5) is 21.3. The van der Waals surface area contributed by atoms with Gasteiger partial charge in [0, 0.05) is 31.7 Å². The predicted octanol–water partition coefficient (Wildman–Crippen LogP) is 2.67. The number of nitrogens with zero attached hydrogens (tertiary/aromatic N) is 6. The van der Waals surface area contributed by atoms with E-state index in [0.29, 0.717) is 6.04 Å². The molecule has 3 heterocycles. The Bertz CT molecular complexity index is 1110. The van der Waals surface area contributed by atoms with Crippen molar-refractivity contribution in [2.75, 3.05) is 32.7 Å². The van der Waals surface area contributed by atoms with Gasteiger partial charge in [0.25, 0.3) is 5.56 Å². The summed E-state index contributed by atoms with van der Waals surface area (Å²) in [7, 11) is 0. The maximum absolute atomic E-state index is 13.3. The van der Waals surface area contributed by atoms with Gasteiger partial charge in [-0.05, 0) is 53.8 Å². The normalized spacial score (nSPS) is 19.9. The molecule has 3 aromatic rings. The number of benzene rings is 1. The maximum atomic E-state index is 13.3. The van der Waals surface area contributed by atoms with E-state index in [2.05, 4.69) is 43.3 Å². The lowest BCUT2D eigenvalue weighted by molar-refractivity contribution is 0.107. The standard InChI is InChI=1S/C23H31N7O/c1-3-28-11-13-29(14-12-28)21(22-25-26-27-30(22)18-9-4-5-10-18)19-15-17-8-6-7-16(2)20(17)24-23(19)31/h6-8,15,18,21H,3-5,9-14H2,1-2H3,(H,24,31)/t21-/m1/s1. The third-order valence-electron chi connectivity index (χ3n) is 7.06. The van der Waals surface area contributed by atoms with Crippen LogP contribution in [-0.4, -0.2) is 67.7 Å². The highest BCUT2D eigenvalue weighted by molar-refractivity contribution is 5.82. The van der Waals surface area contributed by atoms with Gasteiger partial charge in [0.05, 0.1) is 11.6 Å². The van der Waals surface area contributed by atoms with Crippen LogP contribution in [0.2, 0.25) is 0 Å². The number of hydrogen-bond acceptors (Lipinski definition) is 6. The summed E-state index contributed by atoms with van der Waals surface area (Å²) in [6.45, 7) is 9.03. The van der Waals surface area contributed by atoms with Crippen molar-refractivity contribution in [2.45, 2.75) is 51.6 Å². The van der Waals surface area contributed by atoms with E-state index in [0.717, 1.165) is 73.4 Å². The predicted molar refractivity (Wildman–Crippen MR) is 120 cm³/mol. The van der Waals surface area contributed by atoms with Gasteiger partial charge in [0.2, 0.25) is 0 Å². The maximum Gasteiger partial charge on any atom is 0.253 e. The fraction of sp³-hybridized carbons (Fsp3) is 0.565. The Hall–Kier alpha value is -2.58. The highest BCUT2D eigenvalue weighted by Crippen LogP contribution is 2.34. The first-order chi connectivity index (χ1) is 15.2. The number of hydrogen-bond donors (Lipinski definition) is 1. The third kappa shape index (κ3) is 3.78. The van der Waals surface area contributed by atoms with E-state index in [-0.39, 0.29) is 11.6 Å². The number of aryl methyl sites for hydroxylation is 1. The van der Waals surface area contributed by atoms with E-state index < -0.39 is 0 Å². The van der Waals surface area contributed by atoms with E-state index in [9.17, 15) is 4.79 Å². The number of para-hydroxylation sites is 1. The van der Waals surface area contributed by atoms with Crippen molar-refractivity contribution in [3.05, 3.63) is 51.6 Å². The van der Waals surface area contributed by atoms with Crippen molar-refractivity contribution in [1.29, 1.82) is 0 Å². The third-order valence-corrected chi connectivity index (χ3v) is 7.06. The number of aromatic amines is 1. The minimum atomic E-state index is -0.247. The summed E-state index contributed by atoms with van der Waals surface area (Å²) in [5, 5.41) is 14.0. The van der Waals surface area contributed by atoms with Crippen LogP contribution in [0.5, 0.6) is 0 Å². The van der Waals surface area contributed by atoms with E-state index in [1.54, 1.807) is 0 Å². The molecule has 1 aliphatic heterocycles. The molecule has 31 heavy (non-hydrogen) atoms. The van der Waals surface area contributed by atoms with Crippen molar-refractivity contribution in [3.8, 4) is 0 Å². The monoisotopic (exact) mass is 421 g/mol. The number of piperazine rings is 1. The first kappa shape index (κ1) is 20.3. The molecule has 0 bridgehead atoms. The molecule has 2 aromatic heterocycles. The van der Waals surface area contributed by atoms with E-state index in [1.165, 1.54) is 12.8 Å². The van der Waals surface area contributed by atoms with Gasteiger partial charge in [-0.2, -0.15) is 0 Å². The first-order valence-corrected chi connectivity index (χ1v) is 11.5. The van der Waals surface area contributed by atoms with Crippen LogP contribution in [0, 0.1) is 6.92 Å². The number of likely N-dealkylation sites (N-methyl/N-ethyl adjacent to an activating group) is 1. The number of aromatic nitrogens is 5. The number of fused-ring (bicyclic) bond motifs is 1. The molecule has 8 heteroatoms. The summed E-state index contributed by atoms with van der Waals surface area (Å²) in [5.41, 5.74) is 2.66. The highest BCUT2D eigenvalue weighted by atomic mass is 16.1. The molecule has 1 aromatic carbocycles. The molecular formula is C23H31N7O. The second-order valence-electron chi connectivity index (χ2n) is 8.89. The van der Waals surface area contributed by atoms with Gasteiger partial charge in [-0.15, -0.1) is 5.10 Å². The molecule has 1 saturated carbocycles. The lowest BCUT2D eigenvalue weighted by Crippen LogP contribution is -2.49. The number of rotatable bonds is 5. The molecule has 2 fully saturated rings. The second-order valence-corrected chi connectivity index (χ2v) is 8.89. The minimum absolute atomic E-state index is 0.0503. The summed E-state index contributed by atoms with van der Waals surface area (Å²) in [6, 6.07) is 8.26. The number of nitrogens with one attached hydrogen (secondary N) is 1. The van der Waals surface area contributed by atoms with Gasteiger partial charge in [-0.25, -0.2) is 4.68 Å². The zero-order valence-electron chi connectivity index (χ0n) is 18.4. The fourth-order valence-corrected chi connectivity index (χ4v) is 5.23. The average molecular weight is 422 g/mol. The van der Waals surface area contributed by atoms with Gasteiger partial charge < -0.3 is 9.88 Å². The first-order valence-electron chi connectivity index (χ1n) is 11.5. The molecule has 1 atom stereocenters. The van der Waals surface area contributed by atoms with Crippen LogP contribution in [0.3, 0.4) is 0 Å². The molecule has 2 aliphatic rings. The quantitative estimate of drug-likeness (QED) is 0.682. The Kier molecular flexibility index (Phi) is 5.58. The van der Waals surface area contributed by atoms with E-state index in [4.69, 9.17) is 0 Å². The minimum Gasteiger partial charge on any atom is -0.321 e. The molecular weight excluding hydrogens is 390 g/mol. The summed E-state index contributed by atoms with van der Waals surface area (Å²) in [5.74, 6) is 0.800. The Labute approximate surface area is 182 Å². The zero-order chi connectivity index (χ0) is 21.4. The molecule has 1 saturated heterocycles. The molecule has 1 N–H and O–H groups in total. The van der Waals surface area contributed by atoms with Crippen molar-refractivity contribution >= 4 is 10.9 Å². The van der Waals surface area contributed by atoms with Crippen LogP contribution < -0.4 is 5.56 Å². The topological polar surface area (TPSA) is 82.9 Å². The molecule has 164 valence electrons. The lowest BCUT2D eigenvalue weighted by atomic mass is 10.0. The SMILES string of the molecule is CCN1CCN([C@H](c2cc3cccc(C)c3[nH]c2=O)c2nnnn2C2CCCC2)CC1. The Morgan fingerprint density at radius 2 is 1.94 bits per heavy atom. The molecule has 1 aliphatic carbocycles. The summed E-state index contributed by atoms with van der Waals surface area (Å²) < 4.78 is 2.00. The molecule has 0 spiro atoms. The van der Waals surface area contributed by atoms with Crippen LogP contribution in [0.1, 0.15) is 61.6 Å². The van der Waals surface area contributed by atoms with E-state index >= 15 is 0 Å².